The molecule has 4 N–H and O–H groups in total. The van der Waals surface area contributed by atoms with Gasteiger partial charge in [0, 0.05) is 12.1 Å². The zero-order valence-corrected chi connectivity index (χ0v) is 9.24. The van der Waals surface area contributed by atoms with Gasteiger partial charge in [-0.05, 0) is 33.7 Å². The van der Waals surface area contributed by atoms with Gasteiger partial charge in [-0.2, -0.15) is 8.42 Å². The van der Waals surface area contributed by atoms with Gasteiger partial charge in [-0.15, -0.1) is 0 Å². The summed E-state index contributed by atoms with van der Waals surface area (Å²) in [6, 6.07) is 0. The molecule has 0 aliphatic heterocycles. The van der Waals surface area contributed by atoms with E-state index in [1.165, 1.54) is 0 Å². The van der Waals surface area contributed by atoms with Crippen molar-refractivity contribution in [1.82, 2.24) is 10.0 Å². The van der Waals surface area contributed by atoms with Crippen LogP contribution in [-0.2, 0) is 10.2 Å². The van der Waals surface area contributed by atoms with Crippen molar-refractivity contribution in [2.45, 2.75) is 32.7 Å². The van der Waals surface area contributed by atoms with Crippen LogP contribution in [0.4, 0.5) is 0 Å². The molecule has 0 atom stereocenters. The van der Waals surface area contributed by atoms with E-state index < -0.39 is 10.2 Å². The van der Waals surface area contributed by atoms with Crippen molar-refractivity contribution in [3.8, 4) is 0 Å². The molecule has 0 radical (unpaired) electrons. The monoisotopic (exact) mass is 209 g/mol. The Morgan fingerprint density at radius 2 is 1.77 bits per heavy atom. The molecule has 0 rings (SSSR count). The van der Waals surface area contributed by atoms with Crippen LogP contribution in [0.3, 0.4) is 0 Å². The number of nitrogens with one attached hydrogen (secondary N) is 2. The smallest absolute Gasteiger partial charge is 0.274 e. The minimum absolute atomic E-state index is 0.0710. The molecule has 0 aliphatic carbocycles. The summed E-state index contributed by atoms with van der Waals surface area (Å²) >= 11 is 0. The van der Waals surface area contributed by atoms with Crippen LogP contribution in [0.15, 0.2) is 0 Å². The summed E-state index contributed by atoms with van der Waals surface area (Å²) in [5.41, 5.74) is 0.0710. The average molecular weight is 209 g/mol. The van der Waals surface area contributed by atoms with E-state index in [1.54, 1.807) is 0 Å². The molecule has 0 amide bonds. The van der Waals surface area contributed by atoms with Crippen LogP contribution in [0, 0.1) is 0 Å². The highest BCUT2D eigenvalue weighted by atomic mass is 32.2. The molecule has 0 saturated carbocycles. The van der Waals surface area contributed by atoms with Crippen LogP contribution in [0.1, 0.15) is 27.2 Å². The lowest BCUT2D eigenvalue weighted by Gasteiger charge is -2.20. The molecule has 0 aromatic rings. The van der Waals surface area contributed by atoms with Crippen molar-refractivity contribution >= 4 is 10.2 Å². The number of hydrogen-bond donors (Lipinski definition) is 3. The quantitative estimate of drug-likeness (QED) is 0.537. The van der Waals surface area contributed by atoms with Gasteiger partial charge in [0.1, 0.15) is 0 Å². The SMILES string of the molecule is CC(C)(C)NCCCNS(N)(=O)=O. The molecule has 0 fully saturated rings. The molecule has 0 heterocycles. The largest absolute Gasteiger partial charge is 0.312 e. The highest BCUT2D eigenvalue weighted by Gasteiger charge is 2.07. The van der Waals surface area contributed by atoms with Crippen LogP contribution in [0.5, 0.6) is 0 Å². The first-order valence-electron chi connectivity index (χ1n) is 4.23. The molecule has 80 valence electrons. The fraction of sp³-hybridized carbons (Fsp3) is 1.00. The molecule has 0 spiro atoms. The van der Waals surface area contributed by atoms with Crippen molar-refractivity contribution in [3.63, 3.8) is 0 Å². The summed E-state index contributed by atoms with van der Waals surface area (Å²) in [5, 5.41) is 7.98. The zero-order valence-electron chi connectivity index (χ0n) is 8.42. The van der Waals surface area contributed by atoms with Crippen molar-refractivity contribution < 1.29 is 8.42 Å². The lowest BCUT2D eigenvalue weighted by atomic mass is 10.1. The second-order valence-corrected chi connectivity index (χ2v) is 5.35. The molecule has 13 heavy (non-hydrogen) atoms. The average Bonchev–Trinajstić information content (AvgIpc) is 1.81. The van der Waals surface area contributed by atoms with Crippen LogP contribution in [0.25, 0.3) is 0 Å². The van der Waals surface area contributed by atoms with Gasteiger partial charge in [0.15, 0.2) is 0 Å². The first-order chi connectivity index (χ1) is 5.71. The molecule has 0 aromatic heterocycles. The molecule has 0 bridgehead atoms. The summed E-state index contributed by atoms with van der Waals surface area (Å²) < 4.78 is 23.1. The van der Waals surface area contributed by atoms with E-state index in [1.807, 2.05) is 0 Å². The summed E-state index contributed by atoms with van der Waals surface area (Å²) in [4.78, 5) is 0. The van der Waals surface area contributed by atoms with E-state index in [4.69, 9.17) is 5.14 Å². The second kappa shape index (κ2) is 4.90. The second-order valence-electron chi connectivity index (χ2n) is 3.97. The van der Waals surface area contributed by atoms with Crippen LogP contribution in [0.2, 0.25) is 0 Å². The molecule has 0 unspecified atom stereocenters. The van der Waals surface area contributed by atoms with E-state index in [2.05, 4.69) is 30.8 Å². The first kappa shape index (κ1) is 12.8. The van der Waals surface area contributed by atoms with Gasteiger partial charge < -0.3 is 5.32 Å². The first-order valence-corrected chi connectivity index (χ1v) is 5.78. The molecule has 0 aromatic carbocycles. The highest BCUT2D eigenvalue weighted by molar-refractivity contribution is 7.87. The molecule has 5 nitrogen and oxygen atoms in total. The third-order valence-corrected chi connectivity index (χ3v) is 1.92. The van der Waals surface area contributed by atoms with Gasteiger partial charge in [-0.1, -0.05) is 0 Å². The zero-order chi connectivity index (χ0) is 10.5. The number of hydrogen-bond acceptors (Lipinski definition) is 3. The van der Waals surface area contributed by atoms with Crippen molar-refractivity contribution in [1.29, 1.82) is 0 Å². The van der Waals surface area contributed by atoms with Crippen LogP contribution in [-0.4, -0.2) is 27.0 Å². The Kier molecular flexibility index (Phi) is 4.83. The van der Waals surface area contributed by atoms with E-state index in [9.17, 15) is 8.42 Å². The van der Waals surface area contributed by atoms with Gasteiger partial charge in [-0.3, -0.25) is 0 Å². The standard InChI is InChI=1S/C7H19N3O2S/c1-7(2,3)9-5-4-6-10-13(8,11)12/h9-10H,4-6H2,1-3H3,(H2,8,11,12). The van der Waals surface area contributed by atoms with Crippen LogP contribution >= 0.6 is 0 Å². The Morgan fingerprint density at radius 3 is 2.15 bits per heavy atom. The van der Waals surface area contributed by atoms with Crippen molar-refractivity contribution in [3.05, 3.63) is 0 Å². The highest BCUT2D eigenvalue weighted by Crippen LogP contribution is 1.97. The maximum absolute atomic E-state index is 10.4. The van der Waals surface area contributed by atoms with Crippen molar-refractivity contribution in [2.24, 2.45) is 5.14 Å². The predicted molar refractivity (Wildman–Crippen MR) is 53.5 cm³/mol. The number of nitrogens with two attached hydrogens (primary N) is 1. The Hall–Kier alpha value is -0.170. The molecule has 0 aliphatic rings. The van der Waals surface area contributed by atoms with E-state index in [0.717, 1.165) is 13.0 Å². The van der Waals surface area contributed by atoms with E-state index in [0.29, 0.717) is 6.54 Å². The summed E-state index contributed by atoms with van der Waals surface area (Å²) in [7, 11) is -3.52. The van der Waals surface area contributed by atoms with Gasteiger partial charge in [0.25, 0.3) is 10.2 Å². The van der Waals surface area contributed by atoms with E-state index in [-0.39, 0.29) is 5.54 Å². The Bertz CT molecular complexity index is 231. The number of rotatable bonds is 5. The molecule has 0 saturated heterocycles. The fourth-order valence-electron chi connectivity index (χ4n) is 0.766. The van der Waals surface area contributed by atoms with Gasteiger partial charge in [0.2, 0.25) is 0 Å². The molecule has 6 heteroatoms. The predicted octanol–water partition coefficient (Wildman–Crippen LogP) is -0.442. The molecular formula is C7H19N3O2S. The third-order valence-electron chi connectivity index (χ3n) is 1.31. The normalized spacial score (nSPS) is 13.2. The topological polar surface area (TPSA) is 84.2 Å². The lowest BCUT2D eigenvalue weighted by Crippen LogP contribution is -2.38. The van der Waals surface area contributed by atoms with Gasteiger partial charge >= 0.3 is 0 Å². The Balaban J connectivity index is 3.39. The third kappa shape index (κ3) is 11.8. The summed E-state index contributed by atoms with van der Waals surface area (Å²) in [5.74, 6) is 0. The molecular weight excluding hydrogens is 190 g/mol. The van der Waals surface area contributed by atoms with E-state index >= 15 is 0 Å². The minimum atomic E-state index is -3.52. The fourth-order valence-corrected chi connectivity index (χ4v) is 1.20. The Morgan fingerprint density at radius 1 is 1.23 bits per heavy atom. The summed E-state index contributed by atoms with van der Waals surface area (Å²) in [6.45, 7) is 7.31. The summed E-state index contributed by atoms with van der Waals surface area (Å²) in [6.07, 6.45) is 0.730. The van der Waals surface area contributed by atoms with Gasteiger partial charge in [-0.25, -0.2) is 9.86 Å². The van der Waals surface area contributed by atoms with Crippen molar-refractivity contribution in [2.75, 3.05) is 13.1 Å². The maximum Gasteiger partial charge on any atom is 0.274 e. The van der Waals surface area contributed by atoms with Crippen LogP contribution < -0.4 is 15.2 Å². The lowest BCUT2D eigenvalue weighted by molar-refractivity contribution is 0.422. The van der Waals surface area contributed by atoms with Gasteiger partial charge in [0.05, 0.1) is 0 Å². The Labute approximate surface area is 80.3 Å². The maximum atomic E-state index is 10.4. The minimum Gasteiger partial charge on any atom is -0.312 e.